The number of carboxylic acids is 1. The van der Waals surface area contributed by atoms with E-state index in [1.165, 1.54) is 25.3 Å². The Morgan fingerprint density at radius 2 is 2.00 bits per heavy atom. The molecule has 2 fully saturated rings. The second kappa shape index (κ2) is 8.05. The van der Waals surface area contributed by atoms with Crippen LogP contribution in [0.1, 0.15) is 49.7 Å². The van der Waals surface area contributed by atoms with Crippen LogP contribution in [-0.2, 0) is 16.0 Å². The average Bonchev–Trinajstić information content (AvgIpc) is 2.96. The number of nitrogens with zero attached hydrogens (tertiary/aromatic N) is 1. The van der Waals surface area contributed by atoms with Crippen molar-refractivity contribution >= 4 is 29.6 Å². The molecule has 0 bridgehead atoms. The van der Waals surface area contributed by atoms with Gasteiger partial charge in [-0.15, -0.1) is 0 Å². The van der Waals surface area contributed by atoms with E-state index in [2.05, 4.69) is 4.90 Å². The summed E-state index contributed by atoms with van der Waals surface area (Å²) in [6, 6.07) is 5.94. The van der Waals surface area contributed by atoms with Gasteiger partial charge in [-0.05, 0) is 49.0 Å². The lowest BCUT2D eigenvalue weighted by Gasteiger charge is -2.31. The third-order valence-electron chi connectivity index (χ3n) is 5.33. The van der Waals surface area contributed by atoms with Gasteiger partial charge in [0.05, 0.1) is 0 Å². The second-order valence-electron chi connectivity index (χ2n) is 7.04. The number of carbonyl (C=O) groups is 2. The maximum Gasteiger partial charge on any atom is 0.328 e. The molecule has 1 aliphatic heterocycles. The zero-order valence-corrected chi connectivity index (χ0v) is 15.0. The summed E-state index contributed by atoms with van der Waals surface area (Å²) in [4.78, 5) is 25.5. The lowest BCUT2D eigenvalue weighted by atomic mass is 9.94. The number of aliphatic carboxylic acids is 1. The molecule has 1 saturated heterocycles. The number of hydrogen-bond acceptors (Lipinski definition) is 2. The normalized spacial score (nSPS) is 22.0. The monoisotopic (exact) mass is 361 g/mol. The fraction of sp³-hybridized carbons (Fsp3) is 0.500. The molecule has 1 N–H and O–H groups in total. The number of carboxylic acid groups (broad SMARTS) is 1. The molecule has 2 aliphatic rings. The molecule has 1 heterocycles. The number of hydrogen-bond donors (Lipinski definition) is 1. The highest BCUT2D eigenvalue weighted by Gasteiger charge is 2.36. The molecule has 134 valence electrons. The summed E-state index contributed by atoms with van der Waals surface area (Å²) in [6.07, 6.45) is 10.2. The number of benzene rings is 1. The van der Waals surface area contributed by atoms with E-state index in [-0.39, 0.29) is 11.8 Å². The van der Waals surface area contributed by atoms with Gasteiger partial charge in [-0.2, -0.15) is 0 Å². The Morgan fingerprint density at radius 1 is 1.24 bits per heavy atom. The molecule has 0 spiro atoms. The highest BCUT2D eigenvalue weighted by atomic mass is 35.5. The molecule has 1 aliphatic carbocycles. The van der Waals surface area contributed by atoms with Crippen molar-refractivity contribution in [3.05, 3.63) is 40.4 Å². The summed E-state index contributed by atoms with van der Waals surface area (Å²) in [6.45, 7) is 0.866. The van der Waals surface area contributed by atoms with Crippen LogP contribution in [0.3, 0.4) is 0 Å². The third-order valence-corrected chi connectivity index (χ3v) is 5.68. The minimum atomic E-state index is -0.987. The number of likely N-dealkylation sites (tertiary alicyclic amines) is 1. The summed E-state index contributed by atoms with van der Waals surface area (Å²) < 4.78 is 0. The highest BCUT2D eigenvalue weighted by molar-refractivity contribution is 6.31. The topological polar surface area (TPSA) is 57.6 Å². The zero-order chi connectivity index (χ0) is 17.8. The Labute approximate surface area is 153 Å². The Kier molecular flexibility index (Phi) is 5.79. The van der Waals surface area contributed by atoms with Gasteiger partial charge in [0.1, 0.15) is 0 Å². The van der Waals surface area contributed by atoms with Crippen LogP contribution >= 0.6 is 11.6 Å². The van der Waals surface area contributed by atoms with Crippen molar-refractivity contribution in [3.8, 4) is 0 Å². The van der Waals surface area contributed by atoms with Gasteiger partial charge in [-0.1, -0.05) is 43.0 Å². The molecule has 1 aromatic rings. The molecule has 0 aromatic heterocycles. The van der Waals surface area contributed by atoms with Crippen molar-refractivity contribution in [2.45, 2.75) is 51.0 Å². The van der Waals surface area contributed by atoms with E-state index in [4.69, 9.17) is 16.7 Å². The maximum absolute atomic E-state index is 12.8. The van der Waals surface area contributed by atoms with Crippen molar-refractivity contribution < 1.29 is 14.7 Å². The summed E-state index contributed by atoms with van der Waals surface area (Å²) >= 11 is 6.35. The first-order chi connectivity index (χ1) is 12.0. The van der Waals surface area contributed by atoms with Crippen molar-refractivity contribution in [1.29, 1.82) is 0 Å². The van der Waals surface area contributed by atoms with Gasteiger partial charge >= 0.3 is 5.97 Å². The standard InChI is InChI=1S/C20H24ClNO3/c21-18-12-14(7-9-19(23)24)6-8-15(18)13-16-10-11-22(20(16)25)17-4-2-1-3-5-17/h6-9,12,16-17H,1-5,10-11,13H2,(H,23,24). The first-order valence-corrected chi connectivity index (χ1v) is 9.42. The van der Waals surface area contributed by atoms with Crippen LogP contribution in [0.25, 0.3) is 6.08 Å². The van der Waals surface area contributed by atoms with Crippen LogP contribution < -0.4 is 0 Å². The van der Waals surface area contributed by atoms with Gasteiger partial charge in [-0.3, -0.25) is 4.79 Å². The fourth-order valence-electron chi connectivity index (χ4n) is 3.97. The van der Waals surface area contributed by atoms with Gasteiger partial charge in [0.25, 0.3) is 0 Å². The van der Waals surface area contributed by atoms with Crippen LogP contribution in [0.5, 0.6) is 0 Å². The Bertz CT molecular complexity index is 680. The summed E-state index contributed by atoms with van der Waals surface area (Å²) in [5.74, 6) is -0.697. The number of carbonyl (C=O) groups excluding carboxylic acids is 1. The number of halogens is 1. The minimum Gasteiger partial charge on any atom is -0.478 e. The van der Waals surface area contributed by atoms with E-state index in [0.717, 1.165) is 43.0 Å². The second-order valence-corrected chi connectivity index (χ2v) is 7.44. The maximum atomic E-state index is 12.8. The molecule has 0 radical (unpaired) electrons. The van der Waals surface area contributed by atoms with Crippen LogP contribution in [0.2, 0.25) is 5.02 Å². The van der Waals surface area contributed by atoms with E-state index in [1.807, 2.05) is 12.1 Å². The molecule has 1 aromatic carbocycles. The molecule has 25 heavy (non-hydrogen) atoms. The van der Waals surface area contributed by atoms with Gasteiger partial charge < -0.3 is 10.0 Å². The van der Waals surface area contributed by atoms with Gasteiger partial charge in [0.2, 0.25) is 5.91 Å². The molecular weight excluding hydrogens is 338 g/mol. The molecule has 3 rings (SSSR count). The Hall–Kier alpha value is -1.81. The molecule has 1 saturated carbocycles. The Morgan fingerprint density at radius 3 is 2.68 bits per heavy atom. The van der Waals surface area contributed by atoms with Crippen LogP contribution in [0.15, 0.2) is 24.3 Å². The van der Waals surface area contributed by atoms with E-state index in [1.54, 1.807) is 6.07 Å². The Balaban J connectivity index is 1.64. The van der Waals surface area contributed by atoms with Crippen LogP contribution in [0, 0.1) is 5.92 Å². The fourth-order valence-corrected chi connectivity index (χ4v) is 4.24. The predicted octanol–water partition coefficient (Wildman–Crippen LogP) is 4.16. The lowest BCUT2D eigenvalue weighted by molar-refractivity contribution is -0.133. The number of amides is 1. The van der Waals surface area contributed by atoms with E-state index in [0.29, 0.717) is 17.5 Å². The summed E-state index contributed by atoms with van der Waals surface area (Å²) in [5.41, 5.74) is 1.70. The zero-order valence-electron chi connectivity index (χ0n) is 14.3. The predicted molar refractivity (Wildman–Crippen MR) is 98.5 cm³/mol. The molecular formula is C20H24ClNO3. The molecule has 4 nitrogen and oxygen atoms in total. The largest absolute Gasteiger partial charge is 0.478 e. The average molecular weight is 362 g/mol. The quantitative estimate of drug-likeness (QED) is 0.801. The van der Waals surface area contributed by atoms with Gasteiger partial charge in [0, 0.05) is 29.6 Å². The van der Waals surface area contributed by atoms with Gasteiger partial charge in [0.15, 0.2) is 0 Å². The molecule has 1 amide bonds. The molecule has 1 atom stereocenters. The van der Waals surface area contributed by atoms with Crippen molar-refractivity contribution in [3.63, 3.8) is 0 Å². The van der Waals surface area contributed by atoms with E-state index < -0.39 is 5.97 Å². The molecule has 1 unspecified atom stereocenters. The van der Waals surface area contributed by atoms with Crippen molar-refractivity contribution in [2.75, 3.05) is 6.54 Å². The number of rotatable bonds is 5. The smallest absolute Gasteiger partial charge is 0.328 e. The lowest BCUT2D eigenvalue weighted by Crippen LogP contribution is -2.39. The summed E-state index contributed by atoms with van der Waals surface area (Å²) in [5, 5.41) is 9.28. The first-order valence-electron chi connectivity index (χ1n) is 9.04. The van der Waals surface area contributed by atoms with Crippen LogP contribution in [-0.4, -0.2) is 34.5 Å². The SMILES string of the molecule is O=C(O)C=Cc1ccc(CC2CCN(C3CCCCC3)C2=O)c(Cl)c1. The highest BCUT2D eigenvalue weighted by Crippen LogP contribution is 2.31. The van der Waals surface area contributed by atoms with E-state index in [9.17, 15) is 9.59 Å². The minimum absolute atomic E-state index is 0.0137. The third kappa shape index (κ3) is 4.43. The molecule has 5 heteroatoms. The van der Waals surface area contributed by atoms with Crippen molar-refractivity contribution in [2.24, 2.45) is 5.92 Å². The first kappa shape index (κ1) is 18.0. The van der Waals surface area contributed by atoms with Crippen LogP contribution in [0.4, 0.5) is 0 Å². The van der Waals surface area contributed by atoms with Crippen molar-refractivity contribution in [1.82, 2.24) is 4.90 Å². The van der Waals surface area contributed by atoms with E-state index >= 15 is 0 Å². The van der Waals surface area contributed by atoms with Gasteiger partial charge in [-0.25, -0.2) is 4.79 Å². The summed E-state index contributed by atoms with van der Waals surface area (Å²) in [7, 11) is 0.